The van der Waals surface area contributed by atoms with Crippen molar-refractivity contribution in [1.82, 2.24) is 14.9 Å². The highest BCUT2D eigenvalue weighted by Crippen LogP contribution is 2.28. The van der Waals surface area contributed by atoms with E-state index >= 15 is 0 Å². The molecule has 1 aromatic carbocycles. The van der Waals surface area contributed by atoms with Crippen molar-refractivity contribution in [3.05, 3.63) is 72.6 Å². The quantitative estimate of drug-likeness (QED) is 0.676. The van der Waals surface area contributed by atoms with Gasteiger partial charge < -0.3 is 10.1 Å². The zero-order valence-corrected chi connectivity index (χ0v) is 17.1. The van der Waals surface area contributed by atoms with Gasteiger partial charge in [-0.2, -0.15) is 0 Å². The Labute approximate surface area is 176 Å². The Balaban J connectivity index is 1.41. The van der Waals surface area contributed by atoms with Gasteiger partial charge in [0.1, 0.15) is 11.6 Å². The molecule has 1 fully saturated rings. The lowest BCUT2D eigenvalue weighted by Gasteiger charge is -2.32. The molecule has 0 radical (unpaired) electrons. The van der Waals surface area contributed by atoms with Gasteiger partial charge in [-0.05, 0) is 67.9 Å². The van der Waals surface area contributed by atoms with Crippen LogP contribution in [0.5, 0.6) is 5.75 Å². The number of carbonyl (C=O) groups is 1. The van der Waals surface area contributed by atoms with Crippen molar-refractivity contribution < 1.29 is 9.53 Å². The molecule has 1 saturated heterocycles. The fourth-order valence-electron chi connectivity index (χ4n) is 3.86. The summed E-state index contributed by atoms with van der Waals surface area (Å²) in [5.74, 6) is 1.71. The number of ether oxygens (including phenoxy) is 1. The number of nitrogens with zero attached hydrogens (tertiary/aromatic N) is 3. The van der Waals surface area contributed by atoms with E-state index in [-0.39, 0.29) is 5.91 Å². The van der Waals surface area contributed by atoms with Crippen LogP contribution in [0.4, 0.5) is 5.82 Å². The Bertz CT molecular complexity index is 976. The van der Waals surface area contributed by atoms with Gasteiger partial charge in [-0.15, -0.1) is 0 Å². The van der Waals surface area contributed by atoms with Crippen LogP contribution in [0.15, 0.2) is 66.9 Å². The van der Waals surface area contributed by atoms with Crippen molar-refractivity contribution in [3.63, 3.8) is 0 Å². The minimum absolute atomic E-state index is 0.0331. The van der Waals surface area contributed by atoms with Crippen molar-refractivity contribution in [2.24, 2.45) is 0 Å². The fourth-order valence-corrected chi connectivity index (χ4v) is 3.86. The molecule has 1 aliphatic rings. The Hall–Kier alpha value is -3.25. The summed E-state index contributed by atoms with van der Waals surface area (Å²) in [6, 6.07) is 19.6. The summed E-state index contributed by atoms with van der Waals surface area (Å²) >= 11 is 0. The average Bonchev–Trinajstić information content (AvgIpc) is 2.80. The van der Waals surface area contributed by atoms with Crippen LogP contribution in [0.3, 0.4) is 0 Å². The number of hydrogen-bond acceptors (Lipinski definition) is 5. The molecular weight excluding hydrogens is 376 g/mol. The number of carbonyl (C=O) groups excluding carboxylic acids is 1. The van der Waals surface area contributed by atoms with Crippen LogP contribution in [-0.2, 0) is 4.79 Å². The molecule has 0 saturated carbocycles. The van der Waals surface area contributed by atoms with Crippen LogP contribution in [0, 0.1) is 0 Å². The fraction of sp³-hybridized carbons (Fsp3) is 0.292. The van der Waals surface area contributed by atoms with E-state index in [2.05, 4.69) is 27.3 Å². The van der Waals surface area contributed by atoms with Crippen LogP contribution in [0.1, 0.15) is 24.5 Å². The number of likely N-dealkylation sites (tertiary alicyclic amines) is 1. The maximum Gasteiger partial charge on any atom is 0.239 e. The Kier molecular flexibility index (Phi) is 6.35. The molecule has 0 aliphatic carbocycles. The Morgan fingerprint density at radius 1 is 1.13 bits per heavy atom. The maximum atomic E-state index is 12.4. The molecule has 0 spiro atoms. The number of nitrogens with one attached hydrogen (secondary N) is 1. The van der Waals surface area contributed by atoms with Gasteiger partial charge in [0, 0.05) is 29.9 Å². The number of hydrogen-bond donors (Lipinski definition) is 1. The monoisotopic (exact) mass is 402 g/mol. The number of amides is 1. The van der Waals surface area contributed by atoms with Gasteiger partial charge in [0.05, 0.1) is 19.3 Å². The highest BCUT2D eigenvalue weighted by molar-refractivity contribution is 5.91. The molecule has 2 aromatic heterocycles. The molecule has 3 heterocycles. The summed E-state index contributed by atoms with van der Waals surface area (Å²) in [6.45, 7) is 2.12. The van der Waals surface area contributed by atoms with Gasteiger partial charge in [0.2, 0.25) is 5.91 Å². The molecule has 0 bridgehead atoms. The highest BCUT2D eigenvalue weighted by Gasteiger charge is 2.24. The first kappa shape index (κ1) is 20.0. The van der Waals surface area contributed by atoms with Crippen molar-refractivity contribution in [2.75, 3.05) is 32.1 Å². The number of rotatable bonds is 6. The molecule has 1 N–H and O–H groups in total. The average molecular weight is 402 g/mol. The lowest BCUT2D eigenvalue weighted by atomic mass is 9.94. The smallest absolute Gasteiger partial charge is 0.239 e. The highest BCUT2D eigenvalue weighted by atomic mass is 16.5. The number of benzene rings is 1. The molecular formula is C24H26N4O2. The number of anilines is 1. The zero-order valence-electron chi connectivity index (χ0n) is 17.1. The van der Waals surface area contributed by atoms with Crippen LogP contribution in [0.2, 0.25) is 0 Å². The van der Waals surface area contributed by atoms with Gasteiger partial charge in [0.25, 0.3) is 0 Å². The second-order valence-corrected chi connectivity index (χ2v) is 7.51. The summed E-state index contributed by atoms with van der Waals surface area (Å²) in [7, 11) is 1.67. The molecule has 1 atom stereocenters. The second kappa shape index (κ2) is 9.50. The van der Waals surface area contributed by atoms with Crippen molar-refractivity contribution in [3.8, 4) is 17.0 Å². The van der Waals surface area contributed by atoms with Crippen LogP contribution < -0.4 is 10.1 Å². The molecule has 6 heteroatoms. The third-order valence-electron chi connectivity index (χ3n) is 5.38. The van der Waals surface area contributed by atoms with E-state index in [0.29, 0.717) is 18.3 Å². The molecule has 1 aliphatic heterocycles. The third-order valence-corrected chi connectivity index (χ3v) is 5.38. The van der Waals surface area contributed by atoms with Crippen LogP contribution in [0.25, 0.3) is 11.3 Å². The molecule has 0 unspecified atom stereocenters. The first-order valence-electron chi connectivity index (χ1n) is 10.3. The van der Waals surface area contributed by atoms with Gasteiger partial charge in [0.15, 0.2) is 0 Å². The molecule has 1 amide bonds. The summed E-state index contributed by atoms with van der Waals surface area (Å²) in [5, 5.41) is 2.87. The summed E-state index contributed by atoms with van der Waals surface area (Å²) in [6.07, 6.45) is 3.81. The third kappa shape index (κ3) is 5.02. The van der Waals surface area contributed by atoms with E-state index in [9.17, 15) is 4.79 Å². The van der Waals surface area contributed by atoms with E-state index in [0.717, 1.165) is 48.6 Å². The maximum absolute atomic E-state index is 12.4. The largest absolute Gasteiger partial charge is 0.497 e. The number of methoxy groups -OCH3 is 1. The molecule has 154 valence electrons. The van der Waals surface area contributed by atoms with Crippen molar-refractivity contribution in [2.45, 2.75) is 18.8 Å². The SMILES string of the molecule is COc1ccc(-c2cccc([C@@H]3CCCN(CC(=O)Nc4ccccn4)C3)n2)cc1. The van der Waals surface area contributed by atoms with E-state index in [4.69, 9.17) is 9.72 Å². The van der Waals surface area contributed by atoms with Gasteiger partial charge in [-0.3, -0.25) is 14.7 Å². The predicted octanol–water partition coefficient (Wildman–Crippen LogP) is 3.97. The molecule has 30 heavy (non-hydrogen) atoms. The number of aromatic nitrogens is 2. The van der Waals surface area contributed by atoms with E-state index in [1.54, 1.807) is 19.4 Å². The van der Waals surface area contributed by atoms with Gasteiger partial charge >= 0.3 is 0 Å². The van der Waals surface area contributed by atoms with Crippen LogP contribution >= 0.6 is 0 Å². The molecule has 3 aromatic rings. The zero-order chi connectivity index (χ0) is 20.8. The van der Waals surface area contributed by atoms with E-state index in [1.165, 1.54) is 0 Å². The summed E-state index contributed by atoms with van der Waals surface area (Å²) < 4.78 is 5.24. The first-order chi connectivity index (χ1) is 14.7. The topological polar surface area (TPSA) is 67.3 Å². The first-order valence-corrected chi connectivity index (χ1v) is 10.3. The van der Waals surface area contributed by atoms with Gasteiger partial charge in [-0.25, -0.2) is 4.98 Å². The molecule has 6 nitrogen and oxygen atoms in total. The van der Waals surface area contributed by atoms with Gasteiger partial charge in [-0.1, -0.05) is 12.1 Å². The minimum atomic E-state index is -0.0331. The summed E-state index contributed by atoms with van der Waals surface area (Å²) in [5.41, 5.74) is 3.11. The van der Waals surface area contributed by atoms with Crippen LogP contribution in [-0.4, -0.2) is 47.5 Å². The second-order valence-electron chi connectivity index (χ2n) is 7.51. The van der Waals surface area contributed by atoms with E-state index < -0.39 is 0 Å². The Morgan fingerprint density at radius 2 is 2.00 bits per heavy atom. The minimum Gasteiger partial charge on any atom is -0.497 e. The molecule has 4 rings (SSSR count). The summed E-state index contributed by atoms with van der Waals surface area (Å²) in [4.78, 5) is 23.7. The van der Waals surface area contributed by atoms with Crippen molar-refractivity contribution in [1.29, 1.82) is 0 Å². The predicted molar refractivity (Wildman–Crippen MR) is 118 cm³/mol. The Morgan fingerprint density at radius 3 is 2.77 bits per heavy atom. The normalized spacial score (nSPS) is 16.8. The number of piperidine rings is 1. The number of pyridine rings is 2. The van der Waals surface area contributed by atoms with Crippen molar-refractivity contribution >= 4 is 11.7 Å². The lowest BCUT2D eigenvalue weighted by Crippen LogP contribution is -2.40. The lowest BCUT2D eigenvalue weighted by molar-refractivity contribution is -0.117. The standard InChI is InChI=1S/C24H26N4O2/c1-30-20-12-10-18(11-13-20)21-7-4-8-22(26-21)19-6-5-15-28(16-19)17-24(29)27-23-9-2-3-14-25-23/h2-4,7-14,19H,5-6,15-17H2,1H3,(H,25,27,29)/t19-/m1/s1. The van der Waals surface area contributed by atoms with E-state index in [1.807, 2.05) is 42.5 Å².